The van der Waals surface area contributed by atoms with E-state index in [0.717, 1.165) is 11.4 Å². The van der Waals surface area contributed by atoms with Crippen LogP contribution in [-0.4, -0.2) is 180 Å². The molecule has 27 nitrogen and oxygen atoms in total. The summed E-state index contributed by atoms with van der Waals surface area (Å²) >= 11 is 0. The number of carbonyl (C=O) groups excluding carboxylic acids is 9. The number of hydrogen-bond donors (Lipinski definition) is 6. The number of amides is 4. The number of rotatable bonds is 23. The van der Waals surface area contributed by atoms with Crippen molar-refractivity contribution in [1.29, 1.82) is 0 Å². The summed E-state index contributed by atoms with van der Waals surface area (Å²) in [5.74, 6) is -11.0. The molecule has 5 aliphatic heterocycles. The Morgan fingerprint density at radius 1 is 0.926 bits per heavy atom. The van der Waals surface area contributed by atoms with Crippen molar-refractivity contribution in [2.75, 3.05) is 59.0 Å². The first-order valence-corrected chi connectivity index (χ1v) is 32.8. The van der Waals surface area contributed by atoms with Crippen molar-refractivity contribution in [3.05, 3.63) is 58.0 Å². The molecule has 0 aliphatic carbocycles. The van der Waals surface area contributed by atoms with Crippen LogP contribution in [0.15, 0.2) is 46.1 Å². The Kier molecular flexibility index (Phi) is 26.8. The zero-order valence-corrected chi connectivity index (χ0v) is 56.8. The molecule has 1 saturated heterocycles. The van der Waals surface area contributed by atoms with E-state index in [1.54, 1.807) is 40.7 Å². The van der Waals surface area contributed by atoms with E-state index in [4.69, 9.17) is 38.2 Å². The minimum atomic E-state index is -2.07. The predicted octanol–water partition coefficient (Wildman–Crippen LogP) is 6.08. The van der Waals surface area contributed by atoms with Gasteiger partial charge in [-0.05, 0) is 45.1 Å². The lowest BCUT2D eigenvalue weighted by Gasteiger charge is -2.39. The van der Waals surface area contributed by atoms with Crippen LogP contribution in [0, 0.1) is 36.5 Å². The van der Waals surface area contributed by atoms with Crippen molar-refractivity contribution in [2.24, 2.45) is 39.6 Å². The number of unbranched alkanes of at least 4 members (excludes halogenated alkanes) is 2. The molecule has 2 aromatic carbocycles. The molecule has 94 heavy (non-hydrogen) atoms. The number of aromatic hydroxyl groups is 2. The molecule has 1 fully saturated rings. The van der Waals surface area contributed by atoms with Gasteiger partial charge in [0.15, 0.2) is 14.2 Å². The zero-order chi connectivity index (χ0) is 69.5. The number of aliphatic hydroxyl groups excluding tert-OH is 1. The van der Waals surface area contributed by atoms with Crippen LogP contribution in [0.4, 0.5) is 10.5 Å². The van der Waals surface area contributed by atoms with Gasteiger partial charge in [-0.15, -0.1) is 0 Å². The number of anilines is 1. The van der Waals surface area contributed by atoms with E-state index in [0.29, 0.717) is 57.4 Å². The number of hydrogen-bond acceptors (Lipinski definition) is 23. The van der Waals surface area contributed by atoms with E-state index in [9.17, 15) is 58.2 Å². The van der Waals surface area contributed by atoms with Crippen LogP contribution in [0.2, 0.25) is 0 Å². The summed E-state index contributed by atoms with van der Waals surface area (Å²) in [4.78, 5) is 132. The Morgan fingerprint density at radius 2 is 1.62 bits per heavy atom. The summed E-state index contributed by atoms with van der Waals surface area (Å²) < 4.78 is 51.6. The number of nitrogens with one attached hydrogen (secondary N) is 3. The predicted molar refractivity (Wildman–Crippen MR) is 342 cm³/mol. The summed E-state index contributed by atoms with van der Waals surface area (Å²) in [6.45, 7) is 19.1. The van der Waals surface area contributed by atoms with Crippen LogP contribution in [0.3, 0.4) is 0 Å². The van der Waals surface area contributed by atoms with Gasteiger partial charge in [0.05, 0.1) is 40.8 Å². The zero-order valence-electron chi connectivity index (χ0n) is 55.9. The Morgan fingerprint density at radius 3 is 2.26 bits per heavy atom. The average molecular weight is 1330 g/mol. The van der Waals surface area contributed by atoms with E-state index < -0.39 is 138 Å². The van der Waals surface area contributed by atoms with E-state index >= 15 is 4.79 Å². The molecule has 5 bridgehead atoms. The van der Waals surface area contributed by atoms with Gasteiger partial charge in [-0.25, -0.2) is 9.79 Å². The first kappa shape index (κ1) is 75.2. The Balaban J connectivity index is 1.36. The number of alkyl carbamates (subject to hydrolysis) is 1. The number of aliphatic hydroxyl groups is 1. The number of carbonyl (C=O) groups is 9. The monoisotopic (exact) mass is 1330 g/mol. The molecule has 0 saturated carbocycles. The number of likely N-dealkylation sites (N-methyl/N-ethyl adjacent to an activating group) is 1. The summed E-state index contributed by atoms with van der Waals surface area (Å²) in [6.07, 6.45) is 4.43. The number of phenols is 2. The van der Waals surface area contributed by atoms with Gasteiger partial charge in [0.25, 0.3) is 11.7 Å². The number of ether oxygens (including phenoxy) is 7. The van der Waals surface area contributed by atoms with Crippen LogP contribution in [0.1, 0.15) is 143 Å². The average Bonchev–Trinajstić information content (AvgIpc) is 1.51. The third-order valence-corrected chi connectivity index (χ3v) is 18.3. The number of esters is 3. The smallest absolute Gasteiger partial charge is 0.410 e. The quantitative estimate of drug-likeness (QED) is 0.0140. The summed E-state index contributed by atoms with van der Waals surface area (Å²) in [7, 11) is 2.33. The number of likely N-dealkylation sites (tertiary alicyclic amines) is 1. The molecule has 5 aliphatic rings. The normalized spacial score (nSPS) is 24.9. The highest BCUT2D eigenvalue weighted by Crippen LogP contribution is 2.51. The van der Waals surface area contributed by atoms with Crippen molar-refractivity contribution in [1.82, 2.24) is 20.4 Å². The van der Waals surface area contributed by atoms with Crippen LogP contribution in [-0.2, 0) is 66.5 Å². The molecule has 6 N–H and O–H groups in total. The van der Waals surface area contributed by atoms with Crippen LogP contribution < -0.4 is 31.4 Å². The second kappa shape index (κ2) is 33.5. The van der Waals surface area contributed by atoms with E-state index in [1.165, 1.54) is 66.3 Å². The van der Waals surface area contributed by atoms with Crippen molar-refractivity contribution in [3.8, 4) is 17.2 Å². The lowest BCUT2D eigenvalue weighted by Crippen LogP contribution is -2.50. The molecule has 11 unspecified atom stereocenters. The van der Waals surface area contributed by atoms with Crippen molar-refractivity contribution >= 4 is 78.7 Å². The van der Waals surface area contributed by atoms with E-state index in [2.05, 4.69) is 39.7 Å². The van der Waals surface area contributed by atoms with Gasteiger partial charge in [-0.1, -0.05) is 79.5 Å². The third-order valence-electron chi connectivity index (χ3n) is 17.6. The molecule has 1 spiro atoms. The summed E-state index contributed by atoms with van der Waals surface area (Å²) in [6, 6.07) is -1.29. The molecule has 4 amide bonds. The van der Waals surface area contributed by atoms with E-state index in [-0.39, 0.29) is 96.2 Å². The lowest BCUT2D eigenvalue weighted by atomic mass is 9.78. The molecule has 5 heterocycles. The number of piperidine rings is 1. The van der Waals surface area contributed by atoms with Crippen LogP contribution in [0.5, 0.6) is 17.2 Å². The molecule has 7 rings (SSSR count). The first-order chi connectivity index (χ1) is 44.4. The minimum Gasteiger partial charge on any atom is -0.507 e. The first-order valence-electron chi connectivity index (χ1n) is 31.9. The number of fused-ring (bicyclic) bond motifs is 13. The number of ketones is 1. The lowest BCUT2D eigenvalue weighted by molar-refractivity contribution is -0.167. The summed E-state index contributed by atoms with van der Waals surface area (Å²) in [5, 5.41) is 45.4. The van der Waals surface area contributed by atoms with Crippen molar-refractivity contribution < 1.29 is 96.2 Å². The largest absolute Gasteiger partial charge is 0.507 e. The fourth-order valence-corrected chi connectivity index (χ4v) is 12.5. The van der Waals surface area contributed by atoms with Crippen LogP contribution >= 0.6 is 8.46 Å². The number of phenolic OH excluding ortho intramolecular Hbond substituents is 2. The van der Waals surface area contributed by atoms with Gasteiger partial charge in [-0.3, -0.25) is 43.1 Å². The Labute approximate surface area is 548 Å². The van der Waals surface area contributed by atoms with Gasteiger partial charge < -0.3 is 79.0 Å². The van der Waals surface area contributed by atoms with Crippen LogP contribution in [0.25, 0.3) is 10.8 Å². The maximum absolute atomic E-state index is 15.0. The highest BCUT2D eigenvalue weighted by Gasteiger charge is 2.51. The Hall–Kier alpha value is -7.87. The number of methoxy groups -OCH3 is 1. The van der Waals surface area contributed by atoms with Gasteiger partial charge in [0.1, 0.15) is 59.0 Å². The molecule has 2 aromatic rings. The van der Waals surface area contributed by atoms with Gasteiger partial charge in [0.2, 0.25) is 18.6 Å². The molecular weight excluding hydrogens is 1240 g/mol. The third kappa shape index (κ3) is 18.3. The molecule has 11 atom stereocenters. The number of allylic oxidation sites excluding steroid dienone is 2. The maximum atomic E-state index is 15.0. The fraction of sp³-hybridized carbons (Fsp3) is 0.621. The highest BCUT2D eigenvalue weighted by atomic mass is 31.1. The molecular formula is C66H92N7O20P. The molecule has 0 radical (unpaired) electrons. The number of aldehydes is 1. The molecule has 28 heteroatoms. The number of Topliss-reactive ketones (excluding diaryl/α,β-unsaturated/α-hetero) is 1. The maximum Gasteiger partial charge on any atom is 0.410 e. The molecule has 516 valence electrons. The minimum absolute atomic E-state index is 0.0105. The summed E-state index contributed by atoms with van der Waals surface area (Å²) in [5.41, 5.74) is -1.37. The fourth-order valence-electron chi connectivity index (χ4n) is 12.3. The van der Waals surface area contributed by atoms with Crippen molar-refractivity contribution in [2.45, 2.75) is 182 Å². The Bertz CT molecular complexity index is 3390. The molecule has 0 aromatic heterocycles. The van der Waals surface area contributed by atoms with E-state index in [1.807, 2.05) is 0 Å². The second-order valence-corrected chi connectivity index (χ2v) is 26.2. The topological polar surface area (TPSA) is 363 Å². The highest BCUT2D eigenvalue weighted by molar-refractivity contribution is 7.26. The van der Waals surface area contributed by atoms with Gasteiger partial charge >= 0.3 is 29.8 Å². The second-order valence-electron chi connectivity index (χ2n) is 25.3. The number of benzene rings is 2. The van der Waals surface area contributed by atoms with Crippen molar-refractivity contribution in [3.63, 3.8) is 0 Å². The standard InChI is InChI=1S/C66H92N7O20P/c1-14-47(77)88-34-89-64(85)68-44(21-16-15-17-27-67-46(76)23-22-43(33-74)94-86)63(84)72(12)32-48(78)92-58-36(4)19-18-20-37(5)62(83)69-54-53-52(70-66(71-53)25-28-73(29-26-66)31-35(2)3)49-50(57(54)81)56(80)41(9)60-51(49)61(82)65(11,93-60)90-30-24-45(87-13)38(6)59(91-42(10)75)40(8)55(79)39(58)7/h18-20,24,30,33,35-36,38-40,43-45,55,58-59,70,79-81H,14-17,21-23,25-29,31-32,34H2,1-13H3,(H,67,76)(H,68,85)/b19-18?,30-24?,37-20-,69-54?. The number of nitrogens with zero attached hydrogens (tertiary/aromatic N) is 4. The SMILES string of the molecule is CCC(=O)OCOC(=O)NC(CCCCCNC(=O)CCC(C=O)P=O)C(=O)N(C)CC(=O)OC1C(C)C=C/C=C(/C)C(=O)N=c2c(O)c3c(O)c(C)c4c(c3c3c2=NC2(CCN(CC(C)C)CC2)N3)C(=O)C(C)(OC=CC(OC)C(C)C(OC(C)=O)C(C)C(O)C1C)O4. The van der Waals surface area contributed by atoms with Gasteiger partial charge in [0, 0.05) is 120 Å². The van der Waals surface area contributed by atoms with Gasteiger partial charge in [-0.2, -0.15) is 0 Å².